The topological polar surface area (TPSA) is 120 Å². The normalized spacial score (nSPS) is 16.8. The minimum Gasteiger partial charge on any atom is -0.344 e. The van der Waals surface area contributed by atoms with Crippen LogP contribution in [0, 0.1) is 0 Å². The lowest BCUT2D eigenvalue weighted by molar-refractivity contribution is -0.128. The summed E-state index contributed by atoms with van der Waals surface area (Å²) in [5.74, 6) is -0.351. The summed E-state index contributed by atoms with van der Waals surface area (Å²) in [5.41, 5.74) is 11.5. The summed E-state index contributed by atoms with van der Waals surface area (Å²) in [6, 6.07) is 28.0. The van der Waals surface area contributed by atoms with E-state index in [9.17, 15) is 14.4 Å². The first kappa shape index (κ1) is 32.2. The average molecular weight is 633 g/mol. The average Bonchev–Trinajstić information content (AvgIpc) is 3.19. The van der Waals surface area contributed by atoms with E-state index < -0.39 is 11.6 Å². The lowest BCUT2D eigenvalue weighted by atomic mass is 9.97. The monoisotopic (exact) mass is 632 g/mol. The molecule has 4 amide bonds. The van der Waals surface area contributed by atoms with E-state index >= 15 is 0 Å². The minimum absolute atomic E-state index is 0.0481. The molecular formula is C38H44N6O3. The molecule has 1 fully saturated rings. The number of piperazine rings is 1. The van der Waals surface area contributed by atoms with E-state index in [1.165, 1.54) is 0 Å². The molecule has 0 aliphatic carbocycles. The fourth-order valence-electron chi connectivity index (χ4n) is 6.59. The van der Waals surface area contributed by atoms with Crippen molar-refractivity contribution in [1.29, 1.82) is 0 Å². The lowest BCUT2D eigenvalue weighted by Gasteiger charge is -2.28. The first-order chi connectivity index (χ1) is 22.7. The molecule has 0 saturated carbocycles. The van der Waals surface area contributed by atoms with E-state index in [1.807, 2.05) is 46.2 Å². The van der Waals surface area contributed by atoms with Crippen LogP contribution in [0.4, 0.5) is 10.5 Å². The number of carbonyl (C=O) groups excluding carboxylic acids is 3. The quantitative estimate of drug-likeness (QED) is 0.224. The van der Waals surface area contributed by atoms with Crippen LogP contribution in [0.15, 0.2) is 84.9 Å². The molecule has 4 aromatic carbocycles. The van der Waals surface area contributed by atoms with E-state index in [1.54, 1.807) is 13.8 Å². The zero-order valence-electron chi connectivity index (χ0n) is 27.2. The second-order valence-electron chi connectivity index (χ2n) is 13.3. The number of urea groups is 1. The van der Waals surface area contributed by atoms with Crippen molar-refractivity contribution in [3.05, 3.63) is 102 Å². The standard InChI is InChI=1S/C38H44N6O3/c1-38(2,39)23-35(45)42-33-17-16-32-31-10-6-3-7-27(31)15-18-34(32)44(36(33)46)25-26-11-13-28(14-12-26)30-9-5-4-8-29(30)24-41-37(47)43-21-19-40-20-22-43/h3-15,18,33,40H,16-17,19-25,39H2,1-2H3,(H,41,47)(H,42,45)/t33-/m1/s1. The number of nitrogens with zero attached hydrogens (tertiary/aromatic N) is 2. The molecule has 9 heteroatoms. The third kappa shape index (κ3) is 7.64. The van der Waals surface area contributed by atoms with Crippen molar-refractivity contribution in [1.82, 2.24) is 20.9 Å². The fourth-order valence-corrected chi connectivity index (χ4v) is 6.59. The molecule has 9 nitrogen and oxygen atoms in total. The third-order valence-corrected chi connectivity index (χ3v) is 8.96. The Kier molecular flexibility index (Phi) is 9.56. The van der Waals surface area contributed by atoms with Crippen LogP contribution in [0.25, 0.3) is 21.9 Å². The van der Waals surface area contributed by atoms with E-state index in [0.717, 1.165) is 57.4 Å². The molecule has 0 radical (unpaired) electrons. The molecule has 2 heterocycles. The van der Waals surface area contributed by atoms with Gasteiger partial charge in [-0.3, -0.25) is 9.59 Å². The van der Waals surface area contributed by atoms with Gasteiger partial charge in [0.2, 0.25) is 11.8 Å². The molecule has 0 unspecified atom stereocenters. The summed E-state index contributed by atoms with van der Waals surface area (Å²) >= 11 is 0. The summed E-state index contributed by atoms with van der Waals surface area (Å²) in [6.07, 6.45) is 1.31. The molecule has 1 saturated heterocycles. The van der Waals surface area contributed by atoms with E-state index in [2.05, 4.69) is 64.5 Å². The van der Waals surface area contributed by atoms with Crippen LogP contribution in [0.2, 0.25) is 0 Å². The van der Waals surface area contributed by atoms with Gasteiger partial charge in [0.15, 0.2) is 0 Å². The maximum Gasteiger partial charge on any atom is 0.317 e. The number of anilines is 1. The molecular weight excluding hydrogens is 588 g/mol. The summed E-state index contributed by atoms with van der Waals surface area (Å²) in [7, 11) is 0. The van der Waals surface area contributed by atoms with Crippen molar-refractivity contribution in [2.75, 3.05) is 31.1 Å². The number of fused-ring (bicyclic) bond motifs is 3. The van der Waals surface area contributed by atoms with Gasteiger partial charge in [-0.15, -0.1) is 0 Å². The second-order valence-corrected chi connectivity index (χ2v) is 13.3. The van der Waals surface area contributed by atoms with Crippen molar-refractivity contribution in [3.63, 3.8) is 0 Å². The highest BCUT2D eigenvalue weighted by Gasteiger charge is 2.33. The highest BCUT2D eigenvalue weighted by molar-refractivity contribution is 6.03. The number of rotatable bonds is 8. The van der Waals surface area contributed by atoms with Gasteiger partial charge in [0.25, 0.3) is 0 Å². The molecule has 0 aromatic heterocycles. The molecule has 244 valence electrons. The number of benzene rings is 4. The fraction of sp³-hybridized carbons (Fsp3) is 0.342. The number of nitrogens with two attached hydrogens (primary N) is 1. The predicted octanol–water partition coefficient (Wildman–Crippen LogP) is 4.71. The number of carbonyl (C=O) groups is 3. The zero-order chi connectivity index (χ0) is 33.0. The van der Waals surface area contributed by atoms with Gasteiger partial charge in [0, 0.05) is 50.4 Å². The van der Waals surface area contributed by atoms with Gasteiger partial charge in [-0.2, -0.15) is 0 Å². The lowest BCUT2D eigenvalue weighted by Crippen LogP contribution is -2.50. The Morgan fingerprint density at radius 3 is 2.43 bits per heavy atom. The molecule has 1 atom stereocenters. The van der Waals surface area contributed by atoms with Crippen LogP contribution in [0.5, 0.6) is 0 Å². The molecule has 4 aromatic rings. The van der Waals surface area contributed by atoms with Crippen LogP contribution in [0.3, 0.4) is 0 Å². The first-order valence-electron chi connectivity index (χ1n) is 16.5. The van der Waals surface area contributed by atoms with Gasteiger partial charge in [-0.25, -0.2) is 4.79 Å². The second kappa shape index (κ2) is 13.9. The van der Waals surface area contributed by atoms with Gasteiger partial charge in [0.1, 0.15) is 6.04 Å². The number of amides is 4. The van der Waals surface area contributed by atoms with Crippen molar-refractivity contribution in [2.24, 2.45) is 5.73 Å². The Hall–Kier alpha value is -4.73. The highest BCUT2D eigenvalue weighted by atomic mass is 16.2. The Balaban J connectivity index is 1.24. The van der Waals surface area contributed by atoms with Crippen molar-refractivity contribution < 1.29 is 14.4 Å². The summed E-state index contributed by atoms with van der Waals surface area (Å²) in [4.78, 5) is 43.5. The number of aryl methyl sites for hydroxylation is 1. The van der Waals surface area contributed by atoms with Gasteiger partial charge in [-0.05, 0) is 71.3 Å². The van der Waals surface area contributed by atoms with Crippen LogP contribution >= 0.6 is 0 Å². The SMILES string of the molecule is CC(C)(N)CC(=O)N[C@@H]1CCc2c(ccc3ccccc23)N(Cc2ccc(-c3ccccc3CNC(=O)N3CCNCC3)cc2)C1=O. The molecule has 2 aliphatic heterocycles. The van der Waals surface area contributed by atoms with Gasteiger partial charge in [-0.1, -0.05) is 78.9 Å². The Labute approximate surface area is 276 Å². The number of hydrogen-bond acceptors (Lipinski definition) is 5. The van der Waals surface area contributed by atoms with Gasteiger partial charge in [0.05, 0.1) is 6.54 Å². The molecule has 47 heavy (non-hydrogen) atoms. The molecule has 6 rings (SSSR count). The van der Waals surface area contributed by atoms with E-state index in [-0.39, 0.29) is 24.3 Å². The molecule has 0 spiro atoms. The van der Waals surface area contributed by atoms with Crippen LogP contribution < -0.4 is 26.6 Å². The van der Waals surface area contributed by atoms with Crippen molar-refractivity contribution >= 4 is 34.3 Å². The van der Waals surface area contributed by atoms with Gasteiger partial charge >= 0.3 is 6.03 Å². The van der Waals surface area contributed by atoms with Crippen LogP contribution in [-0.4, -0.2) is 60.5 Å². The largest absolute Gasteiger partial charge is 0.344 e. The van der Waals surface area contributed by atoms with Gasteiger partial charge < -0.3 is 31.5 Å². The summed E-state index contributed by atoms with van der Waals surface area (Å²) in [6.45, 7) is 7.43. The minimum atomic E-state index is -0.673. The molecule has 5 N–H and O–H groups in total. The smallest absolute Gasteiger partial charge is 0.317 e. The van der Waals surface area contributed by atoms with E-state index in [0.29, 0.717) is 39.0 Å². The third-order valence-electron chi connectivity index (χ3n) is 8.96. The Bertz CT molecular complexity index is 1760. The molecule has 0 bridgehead atoms. The number of hydrogen-bond donors (Lipinski definition) is 4. The first-order valence-corrected chi connectivity index (χ1v) is 16.5. The summed E-state index contributed by atoms with van der Waals surface area (Å²) in [5, 5.41) is 11.6. The number of nitrogens with one attached hydrogen (secondary N) is 3. The van der Waals surface area contributed by atoms with Crippen LogP contribution in [0.1, 0.15) is 43.4 Å². The highest BCUT2D eigenvalue weighted by Crippen LogP contribution is 2.35. The Morgan fingerprint density at radius 1 is 0.936 bits per heavy atom. The maximum absolute atomic E-state index is 14.2. The van der Waals surface area contributed by atoms with Crippen molar-refractivity contribution in [3.8, 4) is 11.1 Å². The van der Waals surface area contributed by atoms with E-state index in [4.69, 9.17) is 5.73 Å². The Morgan fingerprint density at radius 2 is 1.66 bits per heavy atom. The zero-order valence-corrected chi connectivity index (χ0v) is 27.2. The van der Waals surface area contributed by atoms with Crippen LogP contribution in [-0.2, 0) is 29.1 Å². The molecule has 2 aliphatic rings. The predicted molar refractivity (Wildman–Crippen MR) is 187 cm³/mol. The summed E-state index contributed by atoms with van der Waals surface area (Å²) < 4.78 is 0. The van der Waals surface area contributed by atoms with Crippen molar-refractivity contribution in [2.45, 2.75) is 57.8 Å². The maximum atomic E-state index is 14.2.